The second-order valence-electron chi connectivity index (χ2n) is 8.90. The Morgan fingerprint density at radius 1 is 1.20 bits per heavy atom. The van der Waals surface area contributed by atoms with E-state index >= 15 is 0 Å². The quantitative estimate of drug-likeness (QED) is 0.461. The van der Waals surface area contributed by atoms with Gasteiger partial charge in [0.05, 0.1) is 19.1 Å². The molecule has 0 bridgehead atoms. The van der Waals surface area contributed by atoms with Gasteiger partial charge >= 0.3 is 0 Å². The van der Waals surface area contributed by atoms with Crippen LogP contribution in [0.1, 0.15) is 37.1 Å². The van der Waals surface area contributed by atoms with E-state index in [2.05, 4.69) is 10.6 Å². The van der Waals surface area contributed by atoms with Gasteiger partial charge in [0.1, 0.15) is 6.04 Å². The number of benzene rings is 1. The minimum atomic E-state index is -3.27. The highest BCUT2D eigenvalue weighted by Gasteiger charge is 2.51. The van der Waals surface area contributed by atoms with Crippen LogP contribution in [-0.2, 0) is 27.3 Å². The number of aliphatic hydroxyl groups excluding tert-OH is 1. The van der Waals surface area contributed by atoms with E-state index in [0.29, 0.717) is 6.42 Å². The molecule has 35 heavy (non-hydrogen) atoms. The molecule has 3 rings (SSSR count). The molecule has 0 radical (unpaired) electrons. The van der Waals surface area contributed by atoms with Crippen LogP contribution in [0, 0.1) is 5.92 Å². The van der Waals surface area contributed by atoms with Gasteiger partial charge in [-0.3, -0.25) is 14.4 Å². The zero-order valence-electron chi connectivity index (χ0n) is 19.7. The smallest absolute Gasteiger partial charge is 0.267 e. The maximum absolute atomic E-state index is 14.3. The van der Waals surface area contributed by atoms with Crippen molar-refractivity contribution in [2.24, 2.45) is 5.92 Å². The fourth-order valence-corrected chi connectivity index (χ4v) is 4.59. The molecule has 7 nitrogen and oxygen atoms in total. The van der Waals surface area contributed by atoms with Crippen LogP contribution in [-0.4, -0.2) is 58.4 Å². The standard InChI is InChI=1S/C25H31F2N3O4S/c1-3-16(2)22(32)29-19(12-17-8-5-4-6-9-17)21(31)24(34)30-15-25(26,27)13-20(30)23(33)28-14-18-10-7-11-35-18/h4-11,16,19-21,31H,3,12-15H2,1-2H3,(H,28,33)(H,29,32)/t16-,19-,20-,21-/m0/s1. The first-order valence-electron chi connectivity index (χ1n) is 11.6. The van der Waals surface area contributed by atoms with Crippen molar-refractivity contribution >= 4 is 29.1 Å². The molecule has 3 amide bonds. The van der Waals surface area contributed by atoms with Gasteiger partial charge in [-0.15, -0.1) is 11.3 Å². The lowest BCUT2D eigenvalue weighted by Crippen LogP contribution is -2.56. The number of aliphatic hydroxyl groups is 1. The largest absolute Gasteiger partial charge is 0.381 e. The first-order valence-corrected chi connectivity index (χ1v) is 12.5. The fourth-order valence-electron chi connectivity index (χ4n) is 3.95. The first kappa shape index (κ1) is 26.7. The van der Waals surface area contributed by atoms with E-state index in [1.165, 1.54) is 11.3 Å². The molecule has 0 saturated carbocycles. The maximum Gasteiger partial charge on any atom is 0.267 e. The molecule has 190 valence electrons. The lowest BCUT2D eigenvalue weighted by atomic mass is 9.98. The molecule has 1 aliphatic heterocycles. The predicted octanol–water partition coefficient (Wildman–Crippen LogP) is 2.74. The highest BCUT2D eigenvalue weighted by Crippen LogP contribution is 2.33. The molecule has 1 aromatic heterocycles. The summed E-state index contributed by atoms with van der Waals surface area (Å²) in [6, 6.07) is 10.1. The third-order valence-electron chi connectivity index (χ3n) is 6.19. The third-order valence-corrected chi connectivity index (χ3v) is 7.07. The fraction of sp³-hybridized carbons (Fsp3) is 0.480. The molecule has 0 unspecified atom stereocenters. The summed E-state index contributed by atoms with van der Waals surface area (Å²) < 4.78 is 28.7. The number of alkyl halides is 2. The Morgan fingerprint density at radius 2 is 1.91 bits per heavy atom. The van der Waals surface area contributed by atoms with Crippen LogP contribution in [0.25, 0.3) is 0 Å². The molecule has 0 aliphatic carbocycles. The number of carbonyl (C=O) groups is 3. The Balaban J connectivity index is 1.77. The summed E-state index contributed by atoms with van der Waals surface area (Å²) in [5.41, 5.74) is 0.755. The van der Waals surface area contributed by atoms with E-state index in [-0.39, 0.29) is 24.8 Å². The number of thiophene rings is 1. The van der Waals surface area contributed by atoms with Crippen molar-refractivity contribution in [2.45, 2.75) is 63.8 Å². The number of nitrogens with zero attached hydrogens (tertiary/aromatic N) is 1. The van der Waals surface area contributed by atoms with Crippen molar-refractivity contribution in [3.63, 3.8) is 0 Å². The highest BCUT2D eigenvalue weighted by atomic mass is 32.1. The van der Waals surface area contributed by atoms with Crippen molar-refractivity contribution in [1.82, 2.24) is 15.5 Å². The van der Waals surface area contributed by atoms with Crippen LogP contribution in [0.4, 0.5) is 8.78 Å². The minimum Gasteiger partial charge on any atom is -0.381 e. The van der Waals surface area contributed by atoms with E-state index < -0.39 is 48.9 Å². The lowest BCUT2D eigenvalue weighted by molar-refractivity contribution is -0.147. The zero-order valence-corrected chi connectivity index (χ0v) is 20.6. The number of nitrogens with one attached hydrogen (secondary N) is 2. The molecule has 1 aromatic carbocycles. The molecule has 3 N–H and O–H groups in total. The number of amides is 3. The number of hydrogen-bond acceptors (Lipinski definition) is 5. The summed E-state index contributed by atoms with van der Waals surface area (Å²) in [6.45, 7) is 2.74. The summed E-state index contributed by atoms with van der Waals surface area (Å²) in [5, 5.41) is 18.1. The molecule has 1 aliphatic rings. The molecular weight excluding hydrogens is 476 g/mol. The van der Waals surface area contributed by atoms with Crippen molar-refractivity contribution in [3.05, 3.63) is 58.3 Å². The van der Waals surface area contributed by atoms with Gasteiger partial charge in [0.2, 0.25) is 11.8 Å². The van der Waals surface area contributed by atoms with Gasteiger partial charge in [0.15, 0.2) is 6.10 Å². The SMILES string of the molecule is CC[C@H](C)C(=O)N[C@@H](Cc1ccccc1)[C@H](O)C(=O)N1CC(F)(F)C[C@H]1C(=O)NCc1cccs1. The summed E-state index contributed by atoms with van der Waals surface area (Å²) in [6.07, 6.45) is -1.96. The van der Waals surface area contributed by atoms with Gasteiger partial charge in [-0.25, -0.2) is 8.78 Å². The predicted molar refractivity (Wildman–Crippen MR) is 129 cm³/mol. The van der Waals surface area contributed by atoms with Gasteiger partial charge < -0.3 is 20.6 Å². The van der Waals surface area contributed by atoms with Crippen molar-refractivity contribution in [1.29, 1.82) is 0 Å². The average molecular weight is 508 g/mol. The molecular formula is C25H31F2N3O4S. The van der Waals surface area contributed by atoms with Crippen LogP contribution in [0.5, 0.6) is 0 Å². The topological polar surface area (TPSA) is 98.7 Å². The van der Waals surface area contributed by atoms with Gasteiger partial charge in [-0.1, -0.05) is 50.2 Å². The first-order chi connectivity index (χ1) is 16.6. The average Bonchev–Trinajstić information content (AvgIpc) is 3.48. The normalized spacial score (nSPS) is 19.6. The van der Waals surface area contributed by atoms with E-state index in [4.69, 9.17) is 0 Å². The Bertz CT molecular complexity index is 1000. The zero-order chi connectivity index (χ0) is 25.6. The van der Waals surface area contributed by atoms with Crippen molar-refractivity contribution < 1.29 is 28.3 Å². The van der Waals surface area contributed by atoms with Crippen LogP contribution in [0.3, 0.4) is 0 Å². The molecule has 1 saturated heterocycles. The van der Waals surface area contributed by atoms with Crippen LogP contribution in [0.15, 0.2) is 47.8 Å². The Kier molecular flexibility index (Phi) is 8.96. The molecule has 2 aromatic rings. The van der Waals surface area contributed by atoms with Gasteiger partial charge in [-0.2, -0.15) is 0 Å². The Morgan fingerprint density at radius 3 is 2.54 bits per heavy atom. The summed E-state index contributed by atoms with van der Waals surface area (Å²) in [4.78, 5) is 40.1. The number of rotatable bonds is 10. The third kappa shape index (κ3) is 7.08. The molecule has 4 atom stereocenters. The van der Waals surface area contributed by atoms with Gasteiger partial charge in [0, 0.05) is 17.2 Å². The van der Waals surface area contributed by atoms with E-state index in [1.54, 1.807) is 37.3 Å². The summed E-state index contributed by atoms with van der Waals surface area (Å²) in [5.74, 6) is -5.70. The molecule has 10 heteroatoms. The lowest BCUT2D eigenvalue weighted by Gasteiger charge is -2.30. The number of likely N-dealkylation sites (tertiary alicyclic amines) is 1. The van der Waals surface area contributed by atoms with Crippen LogP contribution >= 0.6 is 11.3 Å². The van der Waals surface area contributed by atoms with E-state index in [1.807, 2.05) is 24.4 Å². The summed E-state index contributed by atoms with van der Waals surface area (Å²) >= 11 is 1.41. The maximum atomic E-state index is 14.3. The van der Waals surface area contributed by atoms with Gasteiger partial charge in [-0.05, 0) is 29.9 Å². The van der Waals surface area contributed by atoms with Gasteiger partial charge in [0.25, 0.3) is 11.8 Å². The molecule has 1 fully saturated rings. The minimum absolute atomic E-state index is 0.120. The number of carbonyl (C=O) groups excluding carboxylic acids is 3. The monoisotopic (exact) mass is 507 g/mol. The Hall–Kier alpha value is -2.85. The second-order valence-corrected chi connectivity index (χ2v) is 9.93. The number of hydrogen-bond donors (Lipinski definition) is 3. The van der Waals surface area contributed by atoms with Crippen LogP contribution in [0.2, 0.25) is 0 Å². The Labute approximate surface area is 207 Å². The van der Waals surface area contributed by atoms with Crippen LogP contribution < -0.4 is 10.6 Å². The summed E-state index contributed by atoms with van der Waals surface area (Å²) in [7, 11) is 0. The van der Waals surface area contributed by atoms with E-state index in [0.717, 1.165) is 15.3 Å². The van der Waals surface area contributed by atoms with Crippen molar-refractivity contribution in [3.8, 4) is 0 Å². The number of halogens is 2. The second kappa shape index (κ2) is 11.7. The van der Waals surface area contributed by atoms with Crippen molar-refractivity contribution in [2.75, 3.05) is 6.54 Å². The highest BCUT2D eigenvalue weighted by molar-refractivity contribution is 7.09. The van der Waals surface area contributed by atoms with E-state index in [9.17, 15) is 28.3 Å². The molecule has 2 heterocycles. The molecule has 0 spiro atoms.